The average Bonchev–Trinajstić information content (AvgIpc) is 2.78. The number of aromatic nitrogens is 1. The molecule has 2 unspecified atom stereocenters. The maximum absolute atomic E-state index is 10.0. The van der Waals surface area contributed by atoms with Crippen LogP contribution in [0.15, 0.2) is 12.1 Å². The number of anilines is 1. The summed E-state index contributed by atoms with van der Waals surface area (Å²) in [5, 5.41) is 19.5. The first-order chi connectivity index (χ1) is 9.90. The molecule has 0 saturated carbocycles. The summed E-state index contributed by atoms with van der Waals surface area (Å²) in [5.41, 5.74) is 1.87. The number of likely N-dealkylation sites (N-methyl/N-ethyl adjacent to an activating group) is 1. The summed E-state index contributed by atoms with van der Waals surface area (Å²) in [4.78, 5) is 9.05. The molecule has 0 aromatic carbocycles. The van der Waals surface area contributed by atoms with Crippen molar-refractivity contribution >= 4 is 5.82 Å². The molecule has 0 spiro atoms. The molecule has 5 nitrogen and oxygen atoms in total. The van der Waals surface area contributed by atoms with Crippen LogP contribution in [0.2, 0.25) is 0 Å². The molecule has 1 aromatic rings. The third-order valence-electron chi connectivity index (χ3n) is 3.93. The molecule has 0 aliphatic carbocycles. The highest BCUT2D eigenvalue weighted by molar-refractivity contribution is 5.46. The zero-order valence-corrected chi connectivity index (χ0v) is 13.5. The van der Waals surface area contributed by atoms with Crippen LogP contribution in [0.1, 0.15) is 37.4 Å². The Morgan fingerprint density at radius 1 is 1.38 bits per heavy atom. The van der Waals surface area contributed by atoms with Gasteiger partial charge in [-0.25, -0.2) is 4.98 Å². The minimum absolute atomic E-state index is 0.0178. The van der Waals surface area contributed by atoms with Crippen LogP contribution < -0.4 is 4.90 Å². The molecule has 21 heavy (non-hydrogen) atoms. The molecule has 2 N–H and O–H groups in total. The lowest BCUT2D eigenvalue weighted by molar-refractivity contribution is 0.191. The number of pyridine rings is 1. The molecule has 1 aliphatic rings. The van der Waals surface area contributed by atoms with Gasteiger partial charge in [-0.3, -0.25) is 0 Å². The highest BCUT2D eigenvalue weighted by Crippen LogP contribution is 2.27. The molecule has 2 rings (SSSR count). The van der Waals surface area contributed by atoms with Gasteiger partial charge in [0.1, 0.15) is 5.82 Å². The Balaban J connectivity index is 2.32. The van der Waals surface area contributed by atoms with Crippen LogP contribution in [0.4, 0.5) is 5.82 Å². The Morgan fingerprint density at radius 2 is 2.10 bits per heavy atom. The SMILES string of the molecule is CC(C)c1cc(CO)cc(N2CC(O)CC2CN(C)C)n1. The number of rotatable bonds is 5. The van der Waals surface area contributed by atoms with Crippen molar-refractivity contribution in [3.63, 3.8) is 0 Å². The number of aliphatic hydroxyl groups is 2. The Labute approximate surface area is 127 Å². The second kappa shape index (κ2) is 6.73. The van der Waals surface area contributed by atoms with Crippen LogP contribution in [0.5, 0.6) is 0 Å². The van der Waals surface area contributed by atoms with Crippen LogP contribution in [0, 0.1) is 0 Å². The summed E-state index contributed by atoms with van der Waals surface area (Å²) in [6.07, 6.45) is 0.456. The van der Waals surface area contributed by atoms with Gasteiger partial charge >= 0.3 is 0 Å². The molecule has 1 saturated heterocycles. The number of aliphatic hydroxyl groups excluding tert-OH is 2. The molecule has 0 radical (unpaired) electrons. The van der Waals surface area contributed by atoms with Crippen molar-refractivity contribution in [1.82, 2.24) is 9.88 Å². The van der Waals surface area contributed by atoms with Crippen LogP contribution in [0.3, 0.4) is 0 Å². The van der Waals surface area contributed by atoms with Crippen LogP contribution in [-0.2, 0) is 6.61 Å². The van der Waals surface area contributed by atoms with E-state index in [1.165, 1.54) is 0 Å². The molecule has 1 aromatic heterocycles. The van der Waals surface area contributed by atoms with E-state index in [4.69, 9.17) is 4.98 Å². The van der Waals surface area contributed by atoms with Gasteiger partial charge in [0, 0.05) is 24.8 Å². The van der Waals surface area contributed by atoms with Gasteiger partial charge in [0.05, 0.1) is 12.7 Å². The summed E-state index contributed by atoms with van der Waals surface area (Å²) < 4.78 is 0. The van der Waals surface area contributed by atoms with Gasteiger partial charge in [0.25, 0.3) is 0 Å². The van der Waals surface area contributed by atoms with Crippen LogP contribution >= 0.6 is 0 Å². The lowest BCUT2D eigenvalue weighted by Gasteiger charge is -2.28. The molecule has 0 amide bonds. The molecule has 118 valence electrons. The molecule has 1 fully saturated rings. The standard InChI is InChI=1S/C16H27N3O2/c1-11(2)15-5-12(10-20)6-16(17-15)19-9-14(21)7-13(19)8-18(3)4/h5-6,11,13-14,20-21H,7-10H2,1-4H3. The minimum Gasteiger partial charge on any atom is -0.392 e. The fourth-order valence-corrected chi connectivity index (χ4v) is 2.90. The Hall–Kier alpha value is -1.17. The van der Waals surface area contributed by atoms with Gasteiger partial charge in [-0.2, -0.15) is 0 Å². The quantitative estimate of drug-likeness (QED) is 0.854. The number of nitrogens with zero attached hydrogens (tertiary/aromatic N) is 3. The van der Waals surface area contributed by atoms with E-state index in [0.717, 1.165) is 30.0 Å². The summed E-state index contributed by atoms with van der Waals surface area (Å²) in [6.45, 7) is 5.72. The second-order valence-electron chi connectivity index (χ2n) is 6.53. The van der Waals surface area contributed by atoms with E-state index < -0.39 is 0 Å². The largest absolute Gasteiger partial charge is 0.392 e. The second-order valence-corrected chi connectivity index (χ2v) is 6.53. The van der Waals surface area contributed by atoms with E-state index in [9.17, 15) is 10.2 Å². The van der Waals surface area contributed by atoms with Crippen molar-refractivity contribution in [3.8, 4) is 0 Å². The van der Waals surface area contributed by atoms with Crippen molar-refractivity contribution in [1.29, 1.82) is 0 Å². The normalized spacial score (nSPS) is 22.6. The highest BCUT2D eigenvalue weighted by Gasteiger charge is 2.32. The molecule has 5 heteroatoms. The predicted octanol–water partition coefficient (Wildman–Crippen LogP) is 1.20. The Kier molecular flexibility index (Phi) is 5.19. The number of hydrogen-bond donors (Lipinski definition) is 2. The number of β-amino-alcohol motifs (C(OH)–C–C–N with tert-alkyl or cyclic N) is 1. The van der Waals surface area contributed by atoms with Gasteiger partial charge < -0.3 is 20.0 Å². The van der Waals surface area contributed by atoms with E-state index in [1.54, 1.807) is 0 Å². The lowest BCUT2D eigenvalue weighted by Crippen LogP contribution is -2.38. The van der Waals surface area contributed by atoms with Gasteiger partial charge in [0.15, 0.2) is 0 Å². The highest BCUT2D eigenvalue weighted by atomic mass is 16.3. The van der Waals surface area contributed by atoms with Crippen LogP contribution in [0.25, 0.3) is 0 Å². The maximum atomic E-state index is 10.0. The van der Waals surface area contributed by atoms with Crippen molar-refractivity contribution in [3.05, 3.63) is 23.4 Å². The third kappa shape index (κ3) is 3.93. The van der Waals surface area contributed by atoms with Crippen molar-refractivity contribution in [2.75, 3.05) is 32.1 Å². The smallest absolute Gasteiger partial charge is 0.129 e. The topological polar surface area (TPSA) is 59.8 Å². The zero-order valence-electron chi connectivity index (χ0n) is 13.5. The summed E-state index contributed by atoms with van der Waals surface area (Å²) in [7, 11) is 4.08. The van der Waals surface area contributed by atoms with Crippen molar-refractivity contribution < 1.29 is 10.2 Å². The summed E-state index contributed by atoms with van der Waals surface area (Å²) in [6, 6.07) is 4.16. The van der Waals surface area contributed by atoms with E-state index in [2.05, 4.69) is 23.6 Å². The monoisotopic (exact) mass is 293 g/mol. The van der Waals surface area contributed by atoms with Crippen molar-refractivity contribution in [2.45, 2.75) is 44.9 Å². The third-order valence-corrected chi connectivity index (χ3v) is 3.93. The van der Waals surface area contributed by atoms with Gasteiger partial charge in [-0.1, -0.05) is 13.8 Å². The minimum atomic E-state index is -0.308. The first-order valence-electron chi connectivity index (χ1n) is 7.61. The predicted molar refractivity (Wildman–Crippen MR) is 84.6 cm³/mol. The van der Waals surface area contributed by atoms with E-state index in [1.807, 2.05) is 26.2 Å². The molecule has 2 heterocycles. The van der Waals surface area contributed by atoms with E-state index in [-0.39, 0.29) is 18.8 Å². The summed E-state index contributed by atoms with van der Waals surface area (Å²) >= 11 is 0. The molecule has 2 atom stereocenters. The lowest BCUT2D eigenvalue weighted by atomic mass is 10.1. The fourth-order valence-electron chi connectivity index (χ4n) is 2.90. The van der Waals surface area contributed by atoms with E-state index >= 15 is 0 Å². The molecular weight excluding hydrogens is 266 g/mol. The van der Waals surface area contributed by atoms with Gasteiger partial charge in [-0.15, -0.1) is 0 Å². The van der Waals surface area contributed by atoms with Gasteiger partial charge in [0.2, 0.25) is 0 Å². The fraction of sp³-hybridized carbons (Fsp3) is 0.688. The molecule has 0 bridgehead atoms. The first kappa shape index (κ1) is 16.2. The van der Waals surface area contributed by atoms with Crippen molar-refractivity contribution in [2.24, 2.45) is 0 Å². The van der Waals surface area contributed by atoms with Crippen LogP contribution in [-0.4, -0.2) is 59.4 Å². The summed E-state index contributed by atoms with van der Waals surface area (Å²) in [5.74, 6) is 1.18. The zero-order chi connectivity index (χ0) is 15.6. The molecule has 1 aliphatic heterocycles. The van der Waals surface area contributed by atoms with Gasteiger partial charge in [-0.05, 0) is 44.1 Å². The Bertz CT molecular complexity index is 477. The Morgan fingerprint density at radius 3 is 2.67 bits per heavy atom. The first-order valence-corrected chi connectivity index (χ1v) is 7.61. The number of hydrogen-bond acceptors (Lipinski definition) is 5. The average molecular weight is 293 g/mol. The maximum Gasteiger partial charge on any atom is 0.129 e. The van der Waals surface area contributed by atoms with E-state index in [0.29, 0.717) is 12.5 Å². The molecular formula is C16H27N3O2.